The van der Waals surface area contributed by atoms with Crippen LogP contribution in [0.15, 0.2) is 0 Å². The van der Waals surface area contributed by atoms with Crippen molar-refractivity contribution in [2.75, 3.05) is 11.5 Å². The summed E-state index contributed by atoms with van der Waals surface area (Å²) in [6.45, 7) is 3.80. The lowest BCUT2D eigenvalue weighted by molar-refractivity contribution is -0.129. The molecule has 1 rings (SSSR count). The van der Waals surface area contributed by atoms with Gasteiger partial charge < -0.3 is 10.6 Å². The minimum absolute atomic E-state index is 0.0221. The van der Waals surface area contributed by atoms with Crippen molar-refractivity contribution in [2.45, 2.75) is 45.2 Å². The van der Waals surface area contributed by atoms with Crippen molar-refractivity contribution in [3.63, 3.8) is 0 Å². The second-order valence-electron chi connectivity index (χ2n) is 4.72. The summed E-state index contributed by atoms with van der Waals surface area (Å²) < 4.78 is 22.4. The molecule has 7 heteroatoms. The molecule has 104 valence electrons. The minimum atomic E-state index is -3.01. The summed E-state index contributed by atoms with van der Waals surface area (Å²) in [6.07, 6.45) is 0.982. The van der Waals surface area contributed by atoms with Gasteiger partial charge in [-0.1, -0.05) is 6.92 Å². The van der Waals surface area contributed by atoms with Crippen molar-refractivity contribution in [1.29, 1.82) is 0 Å². The molecule has 0 aliphatic carbocycles. The maximum absolute atomic E-state index is 11.5. The van der Waals surface area contributed by atoms with Gasteiger partial charge in [-0.2, -0.15) is 0 Å². The Labute approximate surface area is 107 Å². The zero-order chi connectivity index (χ0) is 13.8. The van der Waals surface area contributed by atoms with E-state index >= 15 is 0 Å². The molecule has 6 nitrogen and oxygen atoms in total. The van der Waals surface area contributed by atoms with E-state index in [2.05, 4.69) is 10.6 Å². The maximum Gasteiger partial charge on any atom is 0.229 e. The molecule has 0 radical (unpaired) electrons. The molecule has 0 bridgehead atoms. The number of nitrogens with one attached hydrogen (secondary N) is 2. The molecule has 0 aromatic carbocycles. The van der Waals surface area contributed by atoms with E-state index in [1.807, 2.05) is 13.8 Å². The second-order valence-corrected chi connectivity index (χ2v) is 6.95. The molecule has 0 aromatic heterocycles. The lowest BCUT2D eigenvalue weighted by atomic mass is 10.2. The Morgan fingerprint density at radius 3 is 2.50 bits per heavy atom. The van der Waals surface area contributed by atoms with E-state index < -0.39 is 15.7 Å². The van der Waals surface area contributed by atoms with Crippen LogP contribution in [0.25, 0.3) is 0 Å². The molecule has 2 N–H and O–H groups in total. The number of sulfone groups is 1. The highest BCUT2D eigenvalue weighted by atomic mass is 32.2. The van der Waals surface area contributed by atoms with Crippen LogP contribution in [0.2, 0.25) is 0 Å². The van der Waals surface area contributed by atoms with Crippen molar-refractivity contribution in [1.82, 2.24) is 10.6 Å². The van der Waals surface area contributed by atoms with E-state index in [1.54, 1.807) is 0 Å². The first-order valence-electron chi connectivity index (χ1n) is 6.11. The van der Waals surface area contributed by atoms with Gasteiger partial charge in [0.1, 0.15) is 6.42 Å². The highest BCUT2D eigenvalue weighted by Gasteiger charge is 2.29. The number of hydrogen-bond acceptors (Lipinski definition) is 4. The number of carbonyl (C=O) groups is 2. The van der Waals surface area contributed by atoms with E-state index in [1.165, 1.54) is 0 Å². The standard InChI is InChI=1S/C11H20N2O4S/c1-3-8(2)12-10(14)6-11(15)13-9-4-5-18(16,17)7-9/h8-9H,3-7H2,1-2H3,(H,12,14)(H,13,15). The molecule has 1 heterocycles. The first kappa shape index (κ1) is 14.9. The summed E-state index contributed by atoms with van der Waals surface area (Å²) >= 11 is 0. The Kier molecular flexibility index (Phi) is 5.13. The van der Waals surface area contributed by atoms with Crippen LogP contribution < -0.4 is 10.6 Å². The number of carbonyl (C=O) groups excluding carboxylic acids is 2. The third kappa shape index (κ3) is 5.03. The highest BCUT2D eigenvalue weighted by Crippen LogP contribution is 2.11. The third-order valence-electron chi connectivity index (χ3n) is 2.94. The van der Waals surface area contributed by atoms with Crippen molar-refractivity contribution in [3.8, 4) is 0 Å². The summed E-state index contributed by atoms with van der Waals surface area (Å²) in [5.41, 5.74) is 0. The zero-order valence-electron chi connectivity index (χ0n) is 10.7. The van der Waals surface area contributed by atoms with Gasteiger partial charge in [0.2, 0.25) is 11.8 Å². The van der Waals surface area contributed by atoms with Crippen LogP contribution in [0, 0.1) is 0 Å². The van der Waals surface area contributed by atoms with Crippen LogP contribution in [-0.2, 0) is 19.4 Å². The van der Waals surface area contributed by atoms with E-state index in [4.69, 9.17) is 0 Å². The van der Waals surface area contributed by atoms with Crippen molar-refractivity contribution >= 4 is 21.7 Å². The molecule has 2 amide bonds. The molecule has 2 unspecified atom stereocenters. The third-order valence-corrected chi connectivity index (χ3v) is 4.71. The monoisotopic (exact) mass is 276 g/mol. The van der Waals surface area contributed by atoms with Gasteiger partial charge in [0.25, 0.3) is 0 Å². The molecule has 0 saturated carbocycles. The predicted octanol–water partition coefficient (Wildman–Crippen LogP) is -0.405. The number of amides is 2. The molecular formula is C11H20N2O4S. The zero-order valence-corrected chi connectivity index (χ0v) is 11.5. The Bertz CT molecular complexity index is 419. The number of rotatable bonds is 5. The lowest BCUT2D eigenvalue weighted by Gasteiger charge is -2.13. The summed E-state index contributed by atoms with van der Waals surface area (Å²) in [5.74, 6) is -0.663. The summed E-state index contributed by atoms with van der Waals surface area (Å²) in [6, 6.07) is -0.309. The van der Waals surface area contributed by atoms with Gasteiger partial charge in [-0.3, -0.25) is 9.59 Å². The summed E-state index contributed by atoms with van der Waals surface area (Å²) in [7, 11) is -3.01. The molecular weight excluding hydrogens is 256 g/mol. The van der Waals surface area contributed by atoms with Gasteiger partial charge in [-0.25, -0.2) is 8.42 Å². The van der Waals surface area contributed by atoms with Crippen LogP contribution in [0.4, 0.5) is 0 Å². The normalized spacial score (nSPS) is 23.3. The molecule has 1 aliphatic heterocycles. The fourth-order valence-corrected chi connectivity index (χ4v) is 3.43. The highest BCUT2D eigenvalue weighted by molar-refractivity contribution is 7.91. The van der Waals surface area contributed by atoms with Gasteiger partial charge in [0, 0.05) is 12.1 Å². The van der Waals surface area contributed by atoms with Gasteiger partial charge in [-0.15, -0.1) is 0 Å². The van der Waals surface area contributed by atoms with Crippen molar-refractivity contribution in [3.05, 3.63) is 0 Å². The fourth-order valence-electron chi connectivity index (χ4n) is 1.76. The first-order chi connectivity index (χ1) is 8.32. The molecule has 0 spiro atoms. The van der Waals surface area contributed by atoms with E-state index in [0.29, 0.717) is 6.42 Å². The molecule has 1 saturated heterocycles. The molecule has 1 fully saturated rings. The predicted molar refractivity (Wildman–Crippen MR) is 67.7 cm³/mol. The van der Waals surface area contributed by atoms with E-state index in [9.17, 15) is 18.0 Å². The quantitative estimate of drug-likeness (QED) is 0.668. The van der Waals surface area contributed by atoms with E-state index in [0.717, 1.165) is 6.42 Å². The van der Waals surface area contributed by atoms with Gasteiger partial charge in [0.15, 0.2) is 9.84 Å². The van der Waals surface area contributed by atoms with Gasteiger partial charge in [-0.05, 0) is 19.8 Å². The Balaban J connectivity index is 2.32. The topological polar surface area (TPSA) is 92.3 Å². The minimum Gasteiger partial charge on any atom is -0.353 e. The Morgan fingerprint density at radius 1 is 1.33 bits per heavy atom. The van der Waals surface area contributed by atoms with E-state index in [-0.39, 0.29) is 35.9 Å². The first-order valence-corrected chi connectivity index (χ1v) is 7.93. The van der Waals surface area contributed by atoms with Crippen molar-refractivity contribution in [2.24, 2.45) is 0 Å². The SMILES string of the molecule is CCC(C)NC(=O)CC(=O)NC1CCS(=O)(=O)C1. The molecule has 0 aromatic rings. The van der Waals surface area contributed by atoms with Crippen LogP contribution >= 0.6 is 0 Å². The molecule has 2 atom stereocenters. The Morgan fingerprint density at radius 2 is 2.00 bits per heavy atom. The van der Waals surface area contributed by atoms with Gasteiger partial charge in [0.05, 0.1) is 11.5 Å². The largest absolute Gasteiger partial charge is 0.353 e. The smallest absolute Gasteiger partial charge is 0.229 e. The maximum atomic E-state index is 11.5. The number of hydrogen-bond donors (Lipinski definition) is 2. The average Bonchev–Trinajstić information content (AvgIpc) is 2.57. The fraction of sp³-hybridized carbons (Fsp3) is 0.818. The lowest BCUT2D eigenvalue weighted by Crippen LogP contribution is -2.40. The summed E-state index contributed by atoms with van der Waals surface area (Å²) in [4.78, 5) is 23.0. The van der Waals surface area contributed by atoms with Crippen LogP contribution in [0.5, 0.6) is 0 Å². The summed E-state index contributed by atoms with van der Waals surface area (Å²) in [5, 5.41) is 5.26. The molecule has 18 heavy (non-hydrogen) atoms. The van der Waals surface area contributed by atoms with Gasteiger partial charge >= 0.3 is 0 Å². The average molecular weight is 276 g/mol. The van der Waals surface area contributed by atoms with Crippen molar-refractivity contribution < 1.29 is 18.0 Å². The van der Waals surface area contributed by atoms with Crippen LogP contribution in [0.1, 0.15) is 33.1 Å². The molecule has 1 aliphatic rings. The van der Waals surface area contributed by atoms with Crippen LogP contribution in [-0.4, -0.2) is 43.8 Å². The Hall–Kier alpha value is -1.11. The van der Waals surface area contributed by atoms with Crippen LogP contribution in [0.3, 0.4) is 0 Å². The second kappa shape index (κ2) is 6.17.